The van der Waals surface area contributed by atoms with Gasteiger partial charge in [0.1, 0.15) is 17.8 Å². The van der Waals surface area contributed by atoms with Crippen LogP contribution in [0.15, 0.2) is 54.9 Å². The molecule has 1 aliphatic heterocycles. The van der Waals surface area contributed by atoms with Crippen molar-refractivity contribution in [1.82, 2.24) is 29.9 Å². The van der Waals surface area contributed by atoms with E-state index < -0.39 is 0 Å². The summed E-state index contributed by atoms with van der Waals surface area (Å²) in [7, 11) is 3.13. The third kappa shape index (κ3) is 4.09. The van der Waals surface area contributed by atoms with Gasteiger partial charge in [-0.2, -0.15) is 0 Å². The number of fused-ring (bicyclic) bond motifs is 1. The molecule has 1 amide bonds. The molecule has 1 fully saturated rings. The number of amides is 1. The molecular weight excluding hydrogens is 434 g/mol. The SMILES string of the molecule is COc1ccc(C(=O)N2CCN(c3ncnc4c3nnn4Cc3ccccc3)CC2)c(OC)c1. The van der Waals surface area contributed by atoms with Crippen LogP contribution in [-0.4, -0.2) is 76.2 Å². The van der Waals surface area contributed by atoms with E-state index in [2.05, 4.69) is 25.2 Å². The highest BCUT2D eigenvalue weighted by Crippen LogP contribution is 2.27. The molecule has 1 aliphatic rings. The van der Waals surface area contributed by atoms with Gasteiger partial charge >= 0.3 is 0 Å². The van der Waals surface area contributed by atoms with Gasteiger partial charge in [-0.15, -0.1) is 5.10 Å². The molecule has 0 saturated carbocycles. The number of hydrogen-bond acceptors (Lipinski definition) is 8. The van der Waals surface area contributed by atoms with Crippen molar-refractivity contribution in [3.63, 3.8) is 0 Å². The number of methoxy groups -OCH3 is 2. The van der Waals surface area contributed by atoms with Crippen LogP contribution < -0.4 is 14.4 Å². The predicted molar refractivity (Wildman–Crippen MR) is 126 cm³/mol. The monoisotopic (exact) mass is 459 g/mol. The zero-order chi connectivity index (χ0) is 23.5. The van der Waals surface area contributed by atoms with Gasteiger partial charge in [-0.1, -0.05) is 35.5 Å². The first-order valence-electron chi connectivity index (χ1n) is 11.0. The first-order chi connectivity index (χ1) is 16.7. The van der Waals surface area contributed by atoms with Crippen molar-refractivity contribution in [3.8, 4) is 11.5 Å². The smallest absolute Gasteiger partial charge is 0.257 e. The van der Waals surface area contributed by atoms with Gasteiger partial charge in [-0.25, -0.2) is 14.6 Å². The van der Waals surface area contributed by atoms with Crippen molar-refractivity contribution in [3.05, 3.63) is 66.0 Å². The third-order valence-electron chi connectivity index (χ3n) is 5.96. The molecule has 34 heavy (non-hydrogen) atoms. The Balaban J connectivity index is 1.31. The zero-order valence-corrected chi connectivity index (χ0v) is 19.1. The second-order valence-corrected chi connectivity index (χ2v) is 7.95. The molecule has 0 N–H and O–H groups in total. The molecule has 0 bridgehead atoms. The molecular formula is C24H25N7O3. The van der Waals surface area contributed by atoms with E-state index in [1.807, 2.05) is 35.2 Å². The van der Waals surface area contributed by atoms with E-state index in [9.17, 15) is 4.79 Å². The molecule has 0 unspecified atom stereocenters. The van der Waals surface area contributed by atoms with Crippen molar-refractivity contribution in [1.29, 1.82) is 0 Å². The highest BCUT2D eigenvalue weighted by atomic mass is 16.5. The van der Waals surface area contributed by atoms with Gasteiger partial charge in [-0.05, 0) is 17.7 Å². The van der Waals surface area contributed by atoms with Crippen molar-refractivity contribution in [2.24, 2.45) is 0 Å². The van der Waals surface area contributed by atoms with Crippen LogP contribution in [0.2, 0.25) is 0 Å². The largest absolute Gasteiger partial charge is 0.497 e. The molecule has 0 atom stereocenters. The molecule has 174 valence electrons. The van der Waals surface area contributed by atoms with E-state index in [4.69, 9.17) is 9.47 Å². The quantitative estimate of drug-likeness (QED) is 0.433. The molecule has 10 heteroatoms. The summed E-state index contributed by atoms with van der Waals surface area (Å²) in [5, 5.41) is 8.68. The number of hydrogen-bond donors (Lipinski definition) is 0. The van der Waals surface area contributed by atoms with Crippen molar-refractivity contribution in [2.45, 2.75) is 6.54 Å². The van der Waals surface area contributed by atoms with Crippen LogP contribution in [0.25, 0.3) is 11.2 Å². The topological polar surface area (TPSA) is 98.5 Å². The van der Waals surface area contributed by atoms with Crippen LogP contribution in [0.3, 0.4) is 0 Å². The Labute approximate surface area is 196 Å². The minimum atomic E-state index is -0.0687. The molecule has 1 saturated heterocycles. The number of piperazine rings is 1. The summed E-state index contributed by atoms with van der Waals surface area (Å²) in [5.74, 6) is 1.81. The Morgan fingerprint density at radius 2 is 1.76 bits per heavy atom. The fraction of sp³-hybridized carbons (Fsp3) is 0.292. The number of benzene rings is 2. The molecule has 0 spiro atoms. The summed E-state index contributed by atoms with van der Waals surface area (Å²) in [6.45, 7) is 2.94. The molecule has 4 aromatic rings. The Morgan fingerprint density at radius 3 is 2.50 bits per heavy atom. The van der Waals surface area contributed by atoms with Crippen LogP contribution in [0.4, 0.5) is 5.82 Å². The average Bonchev–Trinajstić information content (AvgIpc) is 3.31. The zero-order valence-electron chi connectivity index (χ0n) is 19.1. The minimum absolute atomic E-state index is 0.0687. The van der Waals surface area contributed by atoms with Crippen molar-refractivity contribution in [2.75, 3.05) is 45.3 Å². The first kappa shape index (κ1) is 21.6. The lowest BCUT2D eigenvalue weighted by Gasteiger charge is -2.35. The third-order valence-corrected chi connectivity index (χ3v) is 5.96. The highest BCUT2D eigenvalue weighted by Gasteiger charge is 2.27. The van der Waals surface area contributed by atoms with E-state index >= 15 is 0 Å². The fourth-order valence-corrected chi connectivity index (χ4v) is 4.14. The maximum absolute atomic E-state index is 13.1. The van der Waals surface area contributed by atoms with Gasteiger partial charge in [-0.3, -0.25) is 4.79 Å². The lowest BCUT2D eigenvalue weighted by Crippen LogP contribution is -2.49. The van der Waals surface area contributed by atoms with E-state index in [0.717, 1.165) is 11.4 Å². The van der Waals surface area contributed by atoms with Gasteiger partial charge in [0.05, 0.1) is 26.3 Å². The number of rotatable bonds is 6. The standard InChI is InChI=1S/C24H25N7O3/c1-33-18-8-9-19(20(14-18)34-2)24(32)30-12-10-29(11-13-30)22-21-23(26-16-25-22)31(28-27-21)15-17-6-4-3-5-7-17/h3-9,14,16H,10-13,15H2,1-2H3. The van der Waals surface area contributed by atoms with Gasteiger partial charge in [0.15, 0.2) is 17.0 Å². The highest BCUT2D eigenvalue weighted by molar-refractivity contribution is 5.97. The first-order valence-corrected chi connectivity index (χ1v) is 11.0. The summed E-state index contributed by atoms with van der Waals surface area (Å²) >= 11 is 0. The van der Waals surface area contributed by atoms with Crippen LogP contribution in [-0.2, 0) is 6.54 Å². The maximum atomic E-state index is 13.1. The number of carbonyl (C=O) groups excluding carboxylic acids is 1. The molecule has 3 heterocycles. The lowest BCUT2D eigenvalue weighted by molar-refractivity contribution is 0.0743. The average molecular weight is 460 g/mol. The van der Waals surface area contributed by atoms with Crippen LogP contribution in [0.1, 0.15) is 15.9 Å². The van der Waals surface area contributed by atoms with Crippen molar-refractivity contribution >= 4 is 22.9 Å². The Bertz CT molecular complexity index is 1300. The van der Waals surface area contributed by atoms with E-state index in [1.54, 1.807) is 43.4 Å². The normalized spacial score (nSPS) is 13.8. The summed E-state index contributed by atoms with van der Waals surface area (Å²) in [6, 6.07) is 15.3. The molecule has 2 aromatic carbocycles. The fourth-order valence-electron chi connectivity index (χ4n) is 4.14. The molecule has 0 radical (unpaired) electrons. The second kappa shape index (κ2) is 9.34. The van der Waals surface area contributed by atoms with E-state index in [-0.39, 0.29) is 5.91 Å². The van der Waals surface area contributed by atoms with Crippen LogP contribution in [0.5, 0.6) is 11.5 Å². The summed E-state index contributed by atoms with van der Waals surface area (Å²) < 4.78 is 12.4. The molecule has 0 aliphatic carbocycles. The number of aromatic nitrogens is 5. The van der Waals surface area contributed by atoms with Crippen molar-refractivity contribution < 1.29 is 14.3 Å². The minimum Gasteiger partial charge on any atom is -0.497 e. The van der Waals surface area contributed by atoms with Gasteiger partial charge in [0.25, 0.3) is 5.91 Å². The van der Waals surface area contributed by atoms with Crippen LogP contribution in [0, 0.1) is 0 Å². The maximum Gasteiger partial charge on any atom is 0.257 e. The lowest BCUT2D eigenvalue weighted by atomic mass is 10.1. The Kier molecular flexibility index (Phi) is 5.94. The summed E-state index contributed by atoms with van der Waals surface area (Å²) in [6.07, 6.45) is 1.54. The molecule has 10 nitrogen and oxygen atoms in total. The molecule has 5 rings (SSSR count). The van der Waals surface area contributed by atoms with Gasteiger partial charge in [0, 0.05) is 32.2 Å². The van der Waals surface area contributed by atoms with E-state index in [0.29, 0.717) is 61.0 Å². The predicted octanol–water partition coefficient (Wildman–Crippen LogP) is 2.25. The number of carbonyl (C=O) groups is 1. The summed E-state index contributed by atoms with van der Waals surface area (Å²) in [5.41, 5.74) is 2.99. The number of nitrogens with zero attached hydrogens (tertiary/aromatic N) is 7. The Morgan fingerprint density at radius 1 is 0.971 bits per heavy atom. The molecule has 2 aromatic heterocycles. The van der Waals surface area contributed by atoms with Gasteiger partial charge < -0.3 is 19.3 Å². The summed E-state index contributed by atoms with van der Waals surface area (Å²) in [4.78, 5) is 26.0. The van der Waals surface area contributed by atoms with Gasteiger partial charge in [0.2, 0.25) is 0 Å². The second-order valence-electron chi connectivity index (χ2n) is 7.95. The number of ether oxygens (including phenoxy) is 2. The number of anilines is 1. The van der Waals surface area contributed by atoms with Crippen LogP contribution >= 0.6 is 0 Å². The van der Waals surface area contributed by atoms with E-state index in [1.165, 1.54) is 0 Å². The Hall–Kier alpha value is -4.21.